The van der Waals surface area contributed by atoms with Gasteiger partial charge in [0.25, 0.3) is 0 Å². The van der Waals surface area contributed by atoms with Crippen molar-refractivity contribution in [2.75, 3.05) is 0 Å². The predicted molar refractivity (Wildman–Crippen MR) is 113 cm³/mol. The Morgan fingerprint density at radius 3 is 2.47 bits per heavy atom. The number of H-pyrrole nitrogens is 1. The Hall–Kier alpha value is -2.77. The number of nitrogens with zero attached hydrogens (tertiary/aromatic N) is 1. The van der Waals surface area contributed by atoms with Crippen molar-refractivity contribution in [1.82, 2.24) is 9.97 Å². The lowest BCUT2D eigenvalue weighted by Crippen LogP contribution is -2.04. The first kappa shape index (κ1) is 19.2. The summed E-state index contributed by atoms with van der Waals surface area (Å²) < 4.78 is 38.3. The molecule has 0 spiro atoms. The highest BCUT2D eigenvalue weighted by Crippen LogP contribution is 2.54. The molecule has 1 aromatic heterocycles. The maximum absolute atomic E-state index is 12.8. The highest BCUT2D eigenvalue weighted by atomic mass is 32.2. The van der Waals surface area contributed by atoms with Crippen molar-refractivity contribution in [3.63, 3.8) is 0 Å². The molecule has 3 N–H and O–H groups in total. The number of benzene rings is 3. The molecule has 3 nitrogen and oxygen atoms in total. The number of halogens is 3. The summed E-state index contributed by atoms with van der Waals surface area (Å²) in [4.78, 5) is 9.15. The smallest absolute Gasteiger partial charge is 0.342 e. The number of hydrogen-bond donors (Lipinski definition) is 2. The number of fused-ring (bicyclic) bond motifs is 1. The van der Waals surface area contributed by atoms with E-state index >= 15 is 0 Å². The van der Waals surface area contributed by atoms with Gasteiger partial charge >= 0.3 is 6.18 Å². The lowest BCUT2D eigenvalue weighted by atomic mass is 10.1. The summed E-state index contributed by atoms with van der Waals surface area (Å²) in [5.41, 5.74) is 4.23. The van der Waals surface area contributed by atoms with E-state index in [1.54, 1.807) is 12.1 Å². The maximum atomic E-state index is 12.8. The SMILES string of the molecule is NSc1ccccc1-c1ccc2[nH]c([C@@H]3C[C@H]3c3ccc(C(F)(F)F)cc3)nc2c1. The molecule has 1 heterocycles. The average Bonchev–Trinajstić information content (AvgIpc) is 3.44. The minimum absolute atomic E-state index is 0.196. The lowest BCUT2D eigenvalue weighted by Gasteiger charge is -2.07. The Labute approximate surface area is 175 Å². The monoisotopic (exact) mass is 425 g/mol. The van der Waals surface area contributed by atoms with Crippen molar-refractivity contribution in [1.29, 1.82) is 0 Å². The number of imidazole rings is 1. The van der Waals surface area contributed by atoms with E-state index < -0.39 is 11.7 Å². The first-order chi connectivity index (χ1) is 14.4. The fourth-order valence-electron chi connectivity index (χ4n) is 3.96. The summed E-state index contributed by atoms with van der Waals surface area (Å²) in [6, 6.07) is 19.5. The van der Waals surface area contributed by atoms with E-state index in [0.717, 1.165) is 57.0 Å². The summed E-state index contributed by atoms with van der Waals surface area (Å²) in [5, 5.41) is 5.79. The normalized spacial score (nSPS) is 18.7. The molecule has 3 aromatic carbocycles. The summed E-state index contributed by atoms with van der Waals surface area (Å²) in [7, 11) is 0. The molecule has 0 bridgehead atoms. The van der Waals surface area contributed by atoms with Crippen LogP contribution in [0.5, 0.6) is 0 Å². The zero-order valence-electron chi connectivity index (χ0n) is 15.8. The molecule has 2 atom stereocenters. The van der Waals surface area contributed by atoms with Gasteiger partial charge in [0.1, 0.15) is 5.82 Å². The van der Waals surface area contributed by atoms with Crippen molar-refractivity contribution < 1.29 is 13.2 Å². The number of nitrogens with one attached hydrogen (secondary N) is 1. The van der Waals surface area contributed by atoms with Crippen LogP contribution in [0.15, 0.2) is 71.6 Å². The molecule has 7 heteroatoms. The molecular weight excluding hydrogens is 407 g/mol. The van der Waals surface area contributed by atoms with Gasteiger partial charge < -0.3 is 4.98 Å². The lowest BCUT2D eigenvalue weighted by molar-refractivity contribution is -0.137. The van der Waals surface area contributed by atoms with E-state index in [0.29, 0.717) is 0 Å². The Morgan fingerprint density at radius 2 is 1.73 bits per heavy atom. The largest absolute Gasteiger partial charge is 0.416 e. The standard InChI is InChI=1S/C23H18F3N3S/c24-23(25,26)15-8-5-13(6-9-15)17-12-18(17)22-28-19-10-7-14(11-20(19)29-22)16-3-1-2-4-21(16)30-27/h1-11,17-18H,12,27H2,(H,28,29)/t17-,18+/m0/s1. The van der Waals surface area contributed by atoms with Crippen LogP contribution < -0.4 is 5.14 Å². The number of aromatic amines is 1. The molecule has 0 aliphatic heterocycles. The number of aromatic nitrogens is 2. The predicted octanol–water partition coefficient (Wildman–Crippen LogP) is 6.49. The molecule has 1 saturated carbocycles. The second-order valence-electron chi connectivity index (χ2n) is 7.54. The molecule has 1 aliphatic rings. The highest BCUT2D eigenvalue weighted by Gasteiger charge is 2.42. The van der Waals surface area contributed by atoms with E-state index in [1.807, 2.05) is 42.5 Å². The van der Waals surface area contributed by atoms with Crippen LogP contribution in [0.1, 0.15) is 35.2 Å². The summed E-state index contributed by atoms with van der Waals surface area (Å²) in [6.07, 6.45) is -3.43. The van der Waals surface area contributed by atoms with Crippen molar-refractivity contribution >= 4 is 23.0 Å². The first-order valence-corrected chi connectivity index (χ1v) is 10.4. The second-order valence-corrected chi connectivity index (χ2v) is 8.21. The first-order valence-electron chi connectivity index (χ1n) is 9.57. The molecular formula is C23H18F3N3S. The maximum Gasteiger partial charge on any atom is 0.416 e. The van der Waals surface area contributed by atoms with Crippen LogP contribution in [0.2, 0.25) is 0 Å². The van der Waals surface area contributed by atoms with E-state index in [4.69, 9.17) is 10.1 Å². The van der Waals surface area contributed by atoms with Gasteiger partial charge in [0.05, 0.1) is 16.6 Å². The molecule has 0 saturated heterocycles. The van der Waals surface area contributed by atoms with Crippen molar-refractivity contribution in [2.45, 2.75) is 29.3 Å². The fourth-order valence-corrected chi connectivity index (χ4v) is 4.43. The summed E-state index contributed by atoms with van der Waals surface area (Å²) >= 11 is 1.22. The van der Waals surface area contributed by atoms with Crippen LogP contribution in [-0.2, 0) is 6.18 Å². The quantitative estimate of drug-likeness (QED) is 0.368. The van der Waals surface area contributed by atoms with E-state index in [-0.39, 0.29) is 11.8 Å². The number of rotatable bonds is 4. The molecule has 0 unspecified atom stereocenters. The van der Waals surface area contributed by atoms with Gasteiger partial charge in [-0.15, -0.1) is 0 Å². The topological polar surface area (TPSA) is 54.7 Å². The van der Waals surface area contributed by atoms with Gasteiger partial charge in [0.15, 0.2) is 0 Å². The zero-order valence-corrected chi connectivity index (χ0v) is 16.6. The van der Waals surface area contributed by atoms with Crippen LogP contribution in [0, 0.1) is 0 Å². The van der Waals surface area contributed by atoms with Gasteiger partial charge in [-0.05, 0) is 71.3 Å². The Bertz CT molecular complexity index is 1210. The molecule has 152 valence electrons. The number of nitrogens with two attached hydrogens (primary N) is 1. The summed E-state index contributed by atoms with van der Waals surface area (Å²) in [6.45, 7) is 0. The third-order valence-corrected chi connectivity index (χ3v) is 6.24. The Balaban J connectivity index is 1.40. The van der Waals surface area contributed by atoms with E-state index in [2.05, 4.69) is 4.98 Å². The molecule has 0 radical (unpaired) electrons. The van der Waals surface area contributed by atoms with Gasteiger partial charge in [-0.25, -0.2) is 4.98 Å². The number of hydrogen-bond acceptors (Lipinski definition) is 3. The Morgan fingerprint density at radius 1 is 0.967 bits per heavy atom. The van der Waals surface area contributed by atoms with Gasteiger partial charge in [-0.1, -0.05) is 36.4 Å². The minimum atomic E-state index is -4.31. The van der Waals surface area contributed by atoms with E-state index in [1.165, 1.54) is 11.9 Å². The van der Waals surface area contributed by atoms with Crippen LogP contribution in [0.3, 0.4) is 0 Å². The fraction of sp³-hybridized carbons (Fsp3) is 0.174. The molecule has 30 heavy (non-hydrogen) atoms. The zero-order chi connectivity index (χ0) is 20.9. The van der Waals surface area contributed by atoms with Crippen LogP contribution >= 0.6 is 11.9 Å². The third kappa shape index (κ3) is 3.48. The van der Waals surface area contributed by atoms with E-state index in [9.17, 15) is 13.2 Å². The minimum Gasteiger partial charge on any atom is -0.342 e. The van der Waals surface area contributed by atoms with Crippen molar-refractivity contribution in [2.24, 2.45) is 5.14 Å². The molecule has 0 amide bonds. The van der Waals surface area contributed by atoms with Crippen molar-refractivity contribution in [3.05, 3.63) is 83.7 Å². The van der Waals surface area contributed by atoms with Crippen LogP contribution in [0.25, 0.3) is 22.2 Å². The average molecular weight is 425 g/mol. The van der Waals surface area contributed by atoms with Crippen LogP contribution in [0.4, 0.5) is 13.2 Å². The summed E-state index contributed by atoms with van der Waals surface area (Å²) in [5.74, 6) is 1.28. The highest BCUT2D eigenvalue weighted by molar-refractivity contribution is 7.97. The Kier molecular flexibility index (Phi) is 4.60. The van der Waals surface area contributed by atoms with Gasteiger partial charge in [0, 0.05) is 10.8 Å². The third-order valence-electron chi connectivity index (χ3n) is 5.63. The molecule has 1 fully saturated rings. The van der Waals surface area contributed by atoms with Gasteiger partial charge in [-0.2, -0.15) is 13.2 Å². The second kappa shape index (κ2) is 7.18. The molecule has 1 aliphatic carbocycles. The van der Waals surface area contributed by atoms with Crippen LogP contribution in [-0.4, -0.2) is 9.97 Å². The number of alkyl halides is 3. The molecule has 4 aromatic rings. The van der Waals surface area contributed by atoms with Crippen molar-refractivity contribution in [3.8, 4) is 11.1 Å². The molecule has 5 rings (SSSR count). The van der Waals surface area contributed by atoms with Gasteiger partial charge in [0.2, 0.25) is 0 Å². The van der Waals surface area contributed by atoms with Gasteiger partial charge in [-0.3, -0.25) is 5.14 Å².